The summed E-state index contributed by atoms with van der Waals surface area (Å²) in [5.74, 6) is -4.87. The molecule has 0 radical (unpaired) electrons. The third-order valence-electron chi connectivity index (χ3n) is 5.68. The van der Waals surface area contributed by atoms with E-state index in [1.54, 1.807) is 0 Å². The number of carbonyl (C=O) groups is 1. The lowest BCUT2D eigenvalue weighted by molar-refractivity contribution is -0.192. The topological polar surface area (TPSA) is 112 Å². The van der Waals surface area contributed by atoms with Crippen molar-refractivity contribution in [3.8, 4) is 0 Å². The van der Waals surface area contributed by atoms with E-state index in [-0.39, 0.29) is 22.6 Å². The molecular formula is C25H24ClF5N4O4S. The summed E-state index contributed by atoms with van der Waals surface area (Å²) in [5, 5.41) is 10.4. The smallest absolute Gasteiger partial charge is 0.475 e. The fourth-order valence-electron chi connectivity index (χ4n) is 3.83. The number of aliphatic carboxylic acids is 1. The molecule has 1 aromatic heterocycles. The number of carboxylic acid groups (broad SMARTS) is 1. The van der Waals surface area contributed by atoms with Gasteiger partial charge in [-0.15, -0.1) is 0 Å². The zero-order chi connectivity index (χ0) is 29.5. The van der Waals surface area contributed by atoms with E-state index in [2.05, 4.69) is 19.9 Å². The van der Waals surface area contributed by atoms with E-state index in [1.165, 1.54) is 12.1 Å². The minimum absolute atomic E-state index is 0.0475. The normalized spacial score (nSPS) is 14.7. The molecule has 0 bridgehead atoms. The summed E-state index contributed by atoms with van der Waals surface area (Å²) in [7, 11) is -4.37. The van der Waals surface area contributed by atoms with Crippen molar-refractivity contribution < 1.29 is 40.3 Å². The highest BCUT2D eigenvalue weighted by Gasteiger charge is 2.38. The molecule has 2 aromatic carbocycles. The summed E-state index contributed by atoms with van der Waals surface area (Å²) in [6.45, 7) is 2.68. The van der Waals surface area contributed by atoms with Crippen LogP contribution < -0.4 is 10.0 Å². The molecule has 216 valence electrons. The number of carboxylic acids is 1. The zero-order valence-electron chi connectivity index (χ0n) is 20.6. The van der Waals surface area contributed by atoms with Gasteiger partial charge in [0.05, 0.1) is 16.8 Å². The third-order valence-corrected chi connectivity index (χ3v) is 7.36. The van der Waals surface area contributed by atoms with Crippen LogP contribution in [0.15, 0.2) is 65.6 Å². The second kappa shape index (κ2) is 13.2. The molecule has 1 aliphatic rings. The Balaban J connectivity index is 0.000000559. The van der Waals surface area contributed by atoms with Gasteiger partial charge in [-0.25, -0.2) is 22.6 Å². The maximum Gasteiger partial charge on any atom is 0.490 e. The van der Waals surface area contributed by atoms with Crippen molar-refractivity contribution in [3.05, 3.63) is 83.0 Å². The van der Waals surface area contributed by atoms with Gasteiger partial charge in [-0.2, -0.15) is 17.6 Å². The highest BCUT2D eigenvalue weighted by molar-refractivity contribution is 7.92. The van der Waals surface area contributed by atoms with Crippen molar-refractivity contribution >= 4 is 39.1 Å². The van der Waals surface area contributed by atoms with Gasteiger partial charge in [0.15, 0.2) is 0 Å². The molecule has 3 aromatic rings. The highest BCUT2D eigenvalue weighted by Crippen LogP contribution is 2.32. The quantitative estimate of drug-likeness (QED) is 0.223. The van der Waals surface area contributed by atoms with Crippen molar-refractivity contribution in [1.82, 2.24) is 9.88 Å². The summed E-state index contributed by atoms with van der Waals surface area (Å²) in [4.78, 5) is 14.0. The Morgan fingerprint density at radius 3 is 2.25 bits per heavy atom. The Labute approximate surface area is 231 Å². The van der Waals surface area contributed by atoms with E-state index in [0.29, 0.717) is 6.54 Å². The van der Waals surface area contributed by atoms with E-state index < -0.39 is 38.8 Å². The van der Waals surface area contributed by atoms with Gasteiger partial charge in [-0.3, -0.25) is 4.72 Å². The van der Waals surface area contributed by atoms with Crippen molar-refractivity contribution in [2.75, 3.05) is 29.7 Å². The molecule has 0 unspecified atom stereocenters. The molecule has 2 heterocycles. The van der Waals surface area contributed by atoms with Gasteiger partial charge >= 0.3 is 12.1 Å². The van der Waals surface area contributed by atoms with Crippen LogP contribution in [-0.2, 0) is 14.8 Å². The lowest BCUT2D eigenvalue weighted by Crippen LogP contribution is -2.29. The minimum atomic E-state index is -5.08. The average Bonchev–Trinajstić information content (AvgIpc) is 3.39. The number of nitrogens with one attached hydrogen (secondary N) is 2. The number of rotatable bonds is 8. The second-order valence-electron chi connectivity index (χ2n) is 8.63. The van der Waals surface area contributed by atoms with Crippen LogP contribution in [0.3, 0.4) is 0 Å². The molecule has 0 amide bonds. The molecule has 0 saturated carbocycles. The molecule has 0 aliphatic carbocycles. The van der Waals surface area contributed by atoms with E-state index in [4.69, 9.17) is 21.5 Å². The van der Waals surface area contributed by atoms with E-state index >= 15 is 0 Å². The molecule has 1 aliphatic heterocycles. The zero-order valence-corrected chi connectivity index (χ0v) is 22.2. The number of benzene rings is 2. The molecule has 40 heavy (non-hydrogen) atoms. The maximum absolute atomic E-state index is 14.9. The molecule has 8 nitrogen and oxygen atoms in total. The van der Waals surface area contributed by atoms with Gasteiger partial charge in [0.25, 0.3) is 10.0 Å². The first-order valence-electron chi connectivity index (χ1n) is 11.7. The van der Waals surface area contributed by atoms with E-state index in [1.807, 2.05) is 30.3 Å². The van der Waals surface area contributed by atoms with Gasteiger partial charge in [-0.05, 0) is 55.8 Å². The molecule has 1 saturated heterocycles. The largest absolute Gasteiger partial charge is 0.490 e. The molecule has 1 fully saturated rings. The number of alkyl halides is 3. The first-order chi connectivity index (χ1) is 18.8. The summed E-state index contributed by atoms with van der Waals surface area (Å²) in [6.07, 6.45) is -2.81. The standard InChI is InChI=1S/C23H23ClF2N4O2S.C2HF3O2/c24-17-13-21(33(31,32)29-23-10-6-9-22(26)28-23)18(25)14-19(17)27-20(15-30-11-4-5-12-30)16-7-2-1-3-8-16;3-2(4,5)1(6)7/h1-3,6-10,13-14,20,27H,4-5,11-12,15H2,(H,28,29);(H,6,7)/t20-;/m1./s1. The fourth-order valence-corrected chi connectivity index (χ4v) is 5.20. The Morgan fingerprint density at radius 2 is 1.68 bits per heavy atom. The van der Waals surface area contributed by atoms with Gasteiger partial charge in [0.1, 0.15) is 16.5 Å². The second-order valence-corrected chi connectivity index (χ2v) is 10.7. The van der Waals surface area contributed by atoms with Crippen molar-refractivity contribution in [2.24, 2.45) is 0 Å². The van der Waals surface area contributed by atoms with Crippen LogP contribution >= 0.6 is 11.6 Å². The van der Waals surface area contributed by atoms with Gasteiger partial charge in [0, 0.05) is 6.54 Å². The van der Waals surface area contributed by atoms with Crippen molar-refractivity contribution in [2.45, 2.75) is 30.0 Å². The van der Waals surface area contributed by atoms with Crippen LogP contribution in [0.2, 0.25) is 5.02 Å². The molecular weight excluding hydrogens is 583 g/mol. The Bertz CT molecular complexity index is 1420. The average molecular weight is 607 g/mol. The summed E-state index contributed by atoms with van der Waals surface area (Å²) >= 11 is 6.37. The third kappa shape index (κ3) is 8.76. The first-order valence-corrected chi connectivity index (χ1v) is 13.6. The maximum atomic E-state index is 14.9. The predicted molar refractivity (Wildman–Crippen MR) is 139 cm³/mol. The molecule has 1 atom stereocenters. The number of pyridine rings is 1. The summed E-state index contributed by atoms with van der Waals surface area (Å²) in [6, 6.07) is 15.3. The van der Waals surface area contributed by atoms with Crippen LogP contribution in [0.5, 0.6) is 0 Å². The number of anilines is 2. The van der Waals surface area contributed by atoms with Crippen LogP contribution in [0.25, 0.3) is 0 Å². The van der Waals surface area contributed by atoms with Gasteiger partial charge < -0.3 is 15.3 Å². The number of nitrogens with zero attached hydrogens (tertiary/aromatic N) is 2. The van der Waals surface area contributed by atoms with Crippen LogP contribution in [0.1, 0.15) is 24.4 Å². The summed E-state index contributed by atoms with van der Waals surface area (Å²) in [5.41, 5.74) is 1.29. The number of aromatic nitrogens is 1. The van der Waals surface area contributed by atoms with E-state index in [9.17, 15) is 30.4 Å². The number of sulfonamides is 1. The Hall–Kier alpha value is -3.49. The molecule has 15 heteroatoms. The summed E-state index contributed by atoms with van der Waals surface area (Å²) < 4.78 is 87.4. The number of halogens is 6. The lowest BCUT2D eigenvalue weighted by atomic mass is 10.1. The van der Waals surface area contributed by atoms with Gasteiger partial charge in [-0.1, -0.05) is 48.0 Å². The van der Waals surface area contributed by atoms with Crippen LogP contribution in [0.4, 0.5) is 33.5 Å². The Kier molecular flexibility index (Phi) is 10.3. The monoisotopic (exact) mass is 606 g/mol. The Morgan fingerprint density at radius 1 is 1.05 bits per heavy atom. The van der Waals surface area contributed by atoms with Crippen LogP contribution in [-0.4, -0.2) is 55.2 Å². The molecule has 0 spiro atoms. The van der Waals surface area contributed by atoms with Crippen molar-refractivity contribution in [1.29, 1.82) is 0 Å². The van der Waals surface area contributed by atoms with Crippen molar-refractivity contribution in [3.63, 3.8) is 0 Å². The minimum Gasteiger partial charge on any atom is -0.475 e. The fraction of sp³-hybridized carbons (Fsp3) is 0.280. The van der Waals surface area contributed by atoms with Crippen LogP contribution in [0, 0.1) is 11.8 Å². The number of hydrogen-bond acceptors (Lipinski definition) is 6. The van der Waals surface area contributed by atoms with E-state index in [0.717, 1.165) is 49.7 Å². The molecule has 3 N–H and O–H groups in total. The first kappa shape index (κ1) is 31.0. The number of hydrogen-bond donors (Lipinski definition) is 3. The SMILES string of the molecule is O=C(O)C(F)(F)F.O=S(=O)(Nc1cccc(F)n1)c1cc(Cl)c(N[C@H](CN2CCCC2)c2ccccc2)cc1F. The lowest BCUT2D eigenvalue weighted by Gasteiger charge is -2.26. The number of likely N-dealkylation sites (tertiary alicyclic amines) is 1. The molecule has 4 rings (SSSR count). The van der Waals surface area contributed by atoms with Gasteiger partial charge in [0.2, 0.25) is 5.95 Å². The highest BCUT2D eigenvalue weighted by atomic mass is 35.5. The predicted octanol–water partition coefficient (Wildman–Crippen LogP) is 5.70.